The molecule has 0 unspecified atom stereocenters. The van der Waals surface area contributed by atoms with Crippen molar-refractivity contribution in [3.05, 3.63) is 30.1 Å². The maximum atomic E-state index is 12.3. The molecule has 1 saturated heterocycles. The number of carbonyl (C=O) groups is 2. The molecule has 1 fully saturated rings. The minimum Gasteiger partial charge on any atom is -0.383 e. The Hall–Kier alpha value is -1.95. The highest BCUT2D eigenvalue weighted by Crippen LogP contribution is 2.26. The minimum atomic E-state index is -1.09. The smallest absolute Gasteiger partial charge is 0.325 e. The first-order valence-electron chi connectivity index (χ1n) is 5.64. The second-order valence-corrected chi connectivity index (χ2v) is 4.22. The molecule has 2 rings (SSSR count). The van der Waals surface area contributed by atoms with Gasteiger partial charge in [-0.25, -0.2) is 4.79 Å². The molecular weight excluding hydrogens is 234 g/mol. The Bertz CT molecular complexity index is 463. The summed E-state index contributed by atoms with van der Waals surface area (Å²) >= 11 is 0. The fourth-order valence-electron chi connectivity index (χ4n) is 1.91. The summed E-state index contributed by atoms with van der Waals surface area (Å²) in [5, 5.41) is 2.67. The van der Waals surface area contributed by atoms with Crippen LogP contribution in [0.3, 0.4) is 0 Å². The number of nitrogens with one attached hydrogen (secondary N) is 1. The number of methoxy groups -OCH3 is 1. The average Bonchev–Trinajstić information content (AvgIpc) is 2.60. The maximum absolute atomic E-state index is 12.3. The topological polar surface area (TPSA) is 71.5 Å². The summed E-state index contributed by atoms with van der Waals surface area (Å²) in [6.07, 6.45) is 1.60. The standard InChI is InChI=1S/C12H15N3O3/c1-12(9-5-3-4-6-13-9)10(16)15(7-8-18-2)11(17)14-12/h3-6H,7-8H2,1-2H3,(H,14,17)/t12-/m0/s1. The van der Waals surface area contributed by atoms with Crippen molar-refractivity contribution in [2.24, 2.45) is 0 Å². The van der Waals surface area contributed by atoms with Gasteiger partial charge in [-0.05, 0) is 19.1 Å². The minimum absolute atomic E-state index is 0.240. The predicted octanol–water partition coefficient (Wildman–Crippen LogP) is 0.495. The van der Waals surface area contributed by atoms with Crippen LogP contribution in [0, 0.1) is 0 Å². The lowest BCUT2D eigenvalue weighted by Gasteiger charge is -2.20. The van der Waals surface area contributed by atoms with E-state index in [1.54, 1.807) is 31.3 Å². The van der Waals surface area contributed by atoms with Gasteiger partial charge in [0.25, 0.3) is 5.91 Å². The molecule has 6 nitrogen and oxygen atoms in total. The van der Waals surface area contributed by atoms with E-state index in [1.165, 1.54) is 7.11 Å². The number of imide groups is 1. The first kappa shape index (κ1) is 12.5. The summed E-state index contributed by atoms with van der Waals surface area (Å²) in [5.74, 6) is -0.303. The van der Waals surface area contributed by atoms with E-state index >= 15 is 0 Å². The van der Waals surface area contributed by atoms with Crippen molar-refractivity contribution < 1.29 is 14.3 Å². The van der Waals surface area contributed by atoms with Gasteiger partial charge >= 0.3 is 6.03 Å². The average molecular weight is 249 g/mol. The summed E-state index contributed by atoms with van der Waals surface area (Å²) < 4.78 is 4.88. The molecule has 6 heteroatoms. The van der Waals surface area contributed by atoms with Gasteiger partial charge in [-0.3, -0.25) is 14.7 Å². The van der Waals surface area contributed by atoms with Gasteiger partial charge < -0.3 is 10.1 Å². The third-order valence-electron chi connectivity index (χ3n) is 2.97. The number of hydrogen-bond acceptors (Lipinski definition) is 4. The molecular formula is C12H15N3O3. The van der Waals surface area contributed by atoms with Crippen molar-refractivity contribution >= 4 is 11.9 Å². The van der Waals surface area contributed by atoms with E-state index in [-0.39, 0.29) is 12.5 Å². The molecule has 18 heavy (non-hydrogen) atoms. The molecule has 96 valence electrons. The lowest BCUT2D eigenvalue weighted by molar-refractivity contribution is -0.131. The normalized spacial score (nSPS) is 23.3. The number of pyridine rings is 1. The summed E-state index contributed by atoms with van der Waals surface area (Å²) in [6.45, 7) is 2.21. The van der Waals surface area contributed by atoms with Crippen LogP contribution in [0.1, 0.15) is 12.6 Å². The van der Waals surface area contributed by atoms with Crippen molar-refractivity contribution in [1.82, 2.24) is 15.2 Å². The zero-order valence-corrected chi connectivity index (χ0v) is 10.3. The van der Waals surface area contributed by atoms with E-state index in [9.17, 15) is 9.59 Å². The molecule has 1 N–H and O–H groups in total. The quantitative estimate of drug-likeness (QED) is 0.788. The van der Waals surface area contributed by atoms with Crippen LogP contribution in [0.4, 0.5) is 4.79 Å². The molecule has 0 aromatic carbocycles. The maximum Gasteiger partial charge on any atom is 0.325 e. The van der Waals surface area contributed by atoms with Crippen LogP contribution in [-0.2, 0) is 15.1 Å². The molecule has 0 spiro atoms. The van der Waals surface area contributed by atoms with Gasteiger partial charge in [0.15, 0.2) is 5.54 Å². The van der Waals surface area contributed by atoms with Gasteiger partial charge in [-0.2, -0.15) is 0 Å². The van der Waals surface area contributed by atoms with E-state index in [0.29, 0.717) is 12.3 Å². The van der Waals surface area contributed by atoms with Crippen molar-refractivity contribution in [2.75, 3.05) is 20.3 Å². The van der Waals surface area contributed by atoms with Gasteiger partial charge in [0.2, 0.25) is 0 Å². The highest BCUT2D eigenvalue weighted by molar-refractivity contribution is 6.06. The van der Waals surface area contributed by atoms with Crippen LogP contribution < -0.4 is 5.32 Å². The molecule has 0 bridgehead atoms. The Morgan fingerprint density at radius 1 is 1.44 bits per heavy atom. The molecule has 0 aliphatic carbocycles. The van der Waals surface area contributed by atoms with Crippen LogP contribution in [0.15, 0.2) is 24.4 Å². The van der Waals surface area contributed by atoms with Crippen molar-refractivity contribution in [3.8, 4) is 0 Å². The van der Waals surface area contributed by atoms with Crippen molar-refractivity contribution in [2.45, 2.75) is 12.5 Å². The molecule has 1 aromatic rings. The first-order valence-corrected chi connectivity index (χ1v) is 5.64. The number of rotatable bonds is 4. The summed E-state index contributed by atoms with van der Waals surface area (Å²) in [5.41, 5.74) is -0.560. The molecule has 1 aliphatic rings. The zero-order valence-electron chi connectivity index (χ0n) is 10.3. The van der Waals surface area contributed by atoms with E-state index in [2.05, 4.69) is 10.3 Å². The predicted molar refractivity (Wildman–Crippen MR) is 63.7 cm³/mol. The first-order chi connectivity index (χ1) is 8.59. The van der Waals surface area contributed by atoms with Gasteiger partial charge in [-0.15, -0.1) is 0 Å². The summed E-state index contributed by atoms with van der Waals surface area (Å²) in [7, 11) is 1.52. The Balaban J connectivity index is 2.26. The Morgan fingerprint density at radius 2 is 2.22 bits per heavy atom. The number of aromatic nitrogens is 1. The highest BCUT2D eigenvalue weighted by atomic mass is 16.5. The fraction of sp³-hybridized carbons (Fsp3) is 0.417. The van der Waals surface area contributed by atoms with Crippen LogP contribution in [0.5, 0.6) is 0 Å². The van der Waals surface area contributed by atoms with E-state index in [0.717, 1.165) is 4.90 Å². The lowest BCUT2D eigenvalue weighted by atomic mass is 9.97. The molecule has 1 aliphatic heterocycles. The van der Waals surface area contributed by atoms with Crippen molar-refractivity contribution in [1.29, 1.82) is 0 Å². The Labute approximate surface area is 105 Å². The summed E-state index contributed by atoms with van der Waals surface area (Å²) in [4.78, 5) is 29.4. The summed E-state index contributed by atoms with van der Waals surface area (Å²) in [6, 6.07) is 4.85. The van der Waals surface area contributed by atoms with E-state index in [1.807, 2.05) is 0 Å². The number of urea groups is 1. The van der Waals surface area contributed by atoms with Crippen molar-refractivity contribution in [3.63, 3.8) is 0 Å². The molecule has 0 saturated carbocycles. The largest absolute Gasteiger partial charge is 0.383 e. The third kappa shape index (κ3) is 1.95. The van der Waals surface area contributed by atoms with Gasteiger partial charge in [-0.1, -0.05) is 6.07 Å². The van der Waals surface area contributed by atoms with Crippen LogP contribution in [0.25, 0.3) is 0 Å². The number of nitrogens with zero attached hydrogens (tertiary/aromatic N) is 2. The monoisotopic (exact) mass is 249 g/mol. The SMILES string of the molecule is COCCN1C(=O)N[C@@](C)(c2ccccn2)C1=O. The number of carbonyl (C=O) groups excluding carboxylic acids is 2. The second-order valence-electron chi connectivity index (χ2n) is 4.22. The van der Waals surface area contributed by atoms with Crippen LogP contribution >= 0.6 is 0 Å². The number of hydrogen-bond donors (Lipinski definition) is 1. The molecule has 2 heterocycles. The van der Waals surface area contributed by atoms with E-state index in [4.69, 9.17) is 4.74 Å². The highest BCUT2D eigenvalue weighted by Gasteiger charge is 2.49. The third-order valence-corrected chi connectivity index (χ3v) is 2.97. The zero-order chi connectivity index (χ0) is 13.2. The number of amides is 3. The Kier molecular flexibility index (Phi) is 3.29. The Morgan fingerprint density at radius 3 is 2.83 bits per heavy atom. The number of ether oxygens (including phenoxy) is 1. The molecule has 1 aromatic heterocycles. The fourth-order valence-corrected chi connectivity index (χ4v) is 1.91. The van der Waals surface area contributed by atoms with Gasteiger partial charge in [0, 0.05) is 13.3 Å². The molecule has 1 atom stereocenters. The molecule has 3 amide bonds. The molecule has 0 radical (unpaired) electrons. The van der Waals surface area contributed by atoms with Crippen LogP contribution in [0.2, 0.25) is 0 Å². The van der Waals surface area contributed by atoms with Crippen LogP contribution in [-0.4, -0.2) is 42.1 Å². The second kappa shape index (κ2) is 4.73. The van der Waals surface area contributed by atoms with Gasteiger partial charge in [0.1, 0.15) is 0 Å². The van der Waals surface area contributed by atoms with E-state index < -0.39 is 11.6 Å². The lowest BCUT2D eigenvalue weighted by Crippen LogP contribution is -2.41. The van der Waals surface area contributed by atoms with Gasteiger partial charge in [0.05, 0.1) is 18.8 Å².